The summed E-state index contributed by atoms with van der Waals surface area (Å²) in [6, 6.07) is 13.0. The maximum absolute atomic E-state index is 12.1. The Bertz CT molecular complexity index is 878. The molecule has 0 N–H and O–H groups in total. The first-order chi connectivity index (χ1) is 11.1. The molecule has 3 rings (SSSR count). The van der Waals surface area contributed by atoms with Gasteiger partial charge in [0.2, 0.25) is 0 Å². The lowest BCUT2D eigenvalue weighted by Gasteiger charge is -2.11. The Hall–Kier alpha value is -3.12. The Morgan fingerprint density at radius 3 is 2.22 bits per heavy atom. The van der Waals surface area contributed by atoms with Crippen LogP contribution >= 0.6 is 0 Å². The minimum absolute atomic E-state index is 0.154. The molecule has 112 valence electrons. The predicted octanol–water partition coefficient (Wildman–Crippen LogP) is 3.09. The topological polar surface area (TPSA) is 37.4 Å². The van der Waals surface area contributed by atoms with Crippen molar-refractivity contribution in [3.63, 3.8) is 0 Å². The number of carbonyl (C=O) groups excluding carboxylic acids is 2. The van der Waals surface area contributed by atoms with Crippen LogP contribution in [0.15, 0.2) is 54.6 Å². The van der Waals surface area contributed by atoms with Crippen molar-refractivity contribution in [1.82, 2.24) is 0 Å². The van der Waals surface area contributed by atoms with Crippen LogP contribution in [0.25, 0.3) is 0 Å². The summed E-state index contributed by atoms with van der Waals surface area (Å²) in [6.07, 6.45) is 2.61. The van der Waals surface area contributed by atoms with Crippen molar-refractivity contribution in [1.29, 1.82) is 0 Å². The first kappa shape index (κ1) is 14.8. The minimum atomic E-state index is -0.174. The van der Waals surface area contributed by atoms with Gasteiger partial charge in [-0.05, 0) is 42.5 Å². The van der Waals surface area contributed by atoms with Gasteiger partial charge in [-0.15, -0.1) is 0 Å². The van der Waals surface area contributed by atoms with Crippen molar-refractivity contribution in [2.24, 2.45) is 0 Å². The molecule has 1 aliphatic rings. The molecule has 3 nitrogen and oxygen atoms in total. The van der Waals surface area contributed by atoms with Gasteiger partial charge in [0, 0.05) is 42.0 Å². The zero-order valence-corrected chi connectivity index (χ0v) is 13.0. The number of hydrogen-bond acceptors (Lipinski definition) is 3. The van der Waals surface area contributed by atoms with Gasteiger partial charge in [0.15, 0.2) is 11.6 Å². The molecule has 3 heteroatoms. The van der Waals surface area contributed by atoms with E-state index in [9.17, 15) is 9.59 Å². The van der Waals surface area contributed by atoms with Gasteiger partial charge >= 0.3 is 0 Å². The molecule has 0 heterocycles. The van der Waals surface area contributed by atoms with Gasteiger partial charge in [-0.3, -0.25) is 9.59 Å². The largest absolute Gasteiger partial charge is 0.378 e. The van der Waals surface area contributed by atoms with E-state index in [0.29, 0.717) is 16.7 Å². The summed E-state index contributed by atoms with van der Waals surface area (Å²) in [5.41, 5.74) is 3.36. The number of fused-ring (bicyclic) bond motifs is 1. The Labute approximate surface area is 135 Å². The molecule has 0 radical (unpaired) electrons. The molecule has 1 aliphatic carbocycles. The minimum Gasteiger partial charge on any atom is -0.378 e. The zero-order chi connectivity index (χ0) is 16.4. The van der Waals surface area contributed by atoms with Crippen LogP contribution in [0.5, 0.6) is 0 Å². The van der Waals surface area contributed by atoms with Crippen molar-refractivity contribution in [2.75, 3.05) is 19.0 Å². The van der Waals surface area contributed by atoms with Crippen molar-refractivity contribution in [2.45, 2.75) is 0 Å². The molecular formula is C20H15NO2. The van der Waals surface area contributed by atoms with Crippen LogP contribution in [0.3, 0.4) is 0 Å². The fraction of sp³-hybridized carbons (Fsp3) is 0.100. The van der Waals surface area contributed by atoms with E-state index in [0.717, 1.165) is 11.3 Å². The average Bonchev–Trinajstić information content (AvgIpc) is 2.56. The smallest absolute Gasteiger partial charge is 0.187 e. The molecule has 0 spiro atoms. The third-order valence-corrected chi connectivity index (χ3v) is 3.69. The first-order valence-electron chi connectivity index (χ1n) is 7.25. The Kier molecular flexibility index (Phi) is 3.82. The number of allylic oxidation sites excluding steroid dienone is 2. The van der Waals surface area contributed by atoms with Crippen molar-refractivity contribution in [3.8, 4) is 11.8 Å². The highest BCUT2D eigenvalue weighted by Gasteiger charge is 2.21. The predicted molar refractivity (Wildman–Crippen MR) is 91.0 cm³/mol. The summed E-state index contributed by atoms with van der Waals surface area (Å²) in [6.45, 7) is 0. The van der Waals surface area contributed by atoms with Gasteiger partial charge in [-0.1, -0.05) is 24.0 Å². The summed E-state index contributed by atoms with van der Waals surface area (Å²) in [4.78, 5) is 26.0. The van der Waals surface area contributed by atoms with E-state index in [-0.39, 0.29) is 11.6 Å². The van der Waals surface area contributed by atoms with Crippen LogP contribution < -0.4 is 4.90 Å². The summed E-state index contributed by atoms with van der Waals surface area (Å²) in [7, 11) is 3.96. The van der Waals surface area contributed by atoms with E-state index in [1.807, 2.05) is 43.3 Å². The number of rotatable bonds is 1. The molecule has 0 atom stereocenters. The van der Waals surface area contributed by atoms with Crippen molar-refractivity contribution < 1.29 is 9.59 Å². The van der Waals surface area contributed by atoms with Crippen LogP contribution in [-0.4, -0.2) is 25.7 Å². The lowest BCUT2D eigenvalue weighted by Crippen LogP contribution is -2.13. The number of benzene rings is 2. The number of anilines is 1. The number of nitrogens with zero attached hydrogens (tertiary/aromatic N) is 1. The van der Waals surface area contributed by atoms with Crippen LogP contribution in [0.2, 0.25) is 0 Å². The SMILES string of the molecule is CN(C)c1ccc(C#Cc2cccc3c2C(=O)C=CC3=O)cc1. The van der Waals surface area contributed by atoms with Gasteiger partial charge < -0.3 is 4.90 Å². The molecule has 23 heavy (non-hydrogen) atoms. The fourth-order valence-electron chi connectivity index (χ4n) is 2.43. The summed E-state index contributed by atoms with van der Waals surface area (Å²) < 4.78 is 0. The molecule has 0 fully saturated rings. The van der Waals surface area contributed by atoms with Gasteiger partial charge in [-0.2, -0.15) is 0 Å². The van der Waals surface area contributed by atoms with Crippen molar-refractivity contribution >= 4 is 17.3 Å². The van der Waals surface area contributed by atoms with E-state index in [1.54, 1.807) is 18.2 Å². The summed E-state index contributed by atoms with van der Waals surface area (Å²) in [5.74, 6) is 5.75. The van der Waals surface area contributed by atoms with Crippen LogP contribution in [0, 0.1) is 11.8 Å². The number of ketones is 2. The second kappa shape index (κ2) is 5.94. The highest BCUT2D eigenvalue weighted by molar-refractivity contribution is 6.23. The Morgan fingerprint density at radius 2 is 1.52 bits per heavy atom. The van der Waals surface area contributed by atoms with E-state index in [1.165, 1.54) is 12.2 Å². The Morgan fingerprint density at radius 1 is 0.826 bits per heavy atom. The molecule has 0 saturated carbocycles. The van der Waals surface area contributed by atoms with Crippen LogP contribution in [-0.2, 0) is 0 Å². The second-order valence-corrected chi connectivity index (χ2v) is 5.48. The zero-order valence-electron chi connectivity index (χ0n) is 13.0. The van der Waals surface area contributed by atoms with Gasteiger partial charge in [0.05, 0.1) is 0 Å². The molecule has 0 aliphatic heterocycles. The lowest BCUT2D eigenvalue weighted by atomic mass is 9.91. The highest BCUT2D eigenvalue weighted by Crippen LogP contribution is 2.20. The van der Waals surface area contributed by atoms with E-state index < -0.39 is 0 Å². The standard InChI is InChI=1S/C20H15NO2/c1-21(2)16-10-7-14(8-11-16)6-9-15-4-3-5-17-18(22)12-13-19(23)20(15)17/h3-5,7-8,10-13H,1-2H3. The summed E-state index contributed by atoms with van der Waals surface area (Å²) >= 11 is 0. The first-order valence-corrected chi connectivity index (χ1v) is 7.25. The monoisotopic (exact) mass is 301 g/mol. The van der Waals surface area contributed by atoms with Gasteiger partial charge in [-0.25, -0.2) is 0 Å². The number of carbonyl (C=O) groups is 2. The lowest BCUT2D eigenvalue weighted by molar-refractivity contribution is 0.0994. The normalized spacial score (nSPS) is 12.4. The van der Waals surface area contributed by atoms with Gasteiger partial charge in [0.1, 0.15) is 0 Å². The maximum Gasteiger partial charge on any atom is 0.187 e. The molecular weight excluding hydrogens is 286 g/mol. The number of hydrogen-bond donors (Lipinski definition) is 0. The molecule has 0 bridgehead atoms. The highest BCUT2D eigenvalue weighted by atomic mass is 16.1. The Balaban J connectivity index is 1.98. The van der Waals surface area contributed by atoms with Crippen molar-refractivity contribution in [3.05, 3.63) is 76.9 Å². The summed E-state index contributed by atoms with van der Waals surface area (Å²) in [5, 5.41) is 0. The van der Waals surface area contributed by atoms with E-state index in [2.05, 4.69) is 11.8 Å². The molecule has 0 aromatic heterocycles. The molecule has 0 saturated heterocycles. The third-order valence-electron chi connectivity index (χ3n) is 3.69. The average molecular weight is 301 g/mol. The molecule has 2 aromatic carbocycles. The second-order valence-electron chi connectivity index (χ2n) is 5.48. The fourth-order valence-corrected chi connectivity index (χ4v) is 2.43. The molecule has 0 amide bonds. The molecule has 2 aromatic rings. The van der Waals surface area contributed by atoms with E-state index in [4.69, 9.17) is 0 Å². The molecule has 0 unspecified atom stereocenters. The van der Waals surface area contributed by atoms with E-state index >= 15 is 0 Å². The van der Waals surface area contributed by atoms with Gasteiger partial charge in [0.25, 0.3) is 0 Å². The maximum atomic E-state index is 12.1. The van der Waals surface area contributed by atoms with Crippen LogP contribution in [0.4, 0.5) is 5.69 Å². The third kappa shape index (κ3) is 2.93. The van der Waals surface area contributed by atoms with Crippen LogP contribution in [0.1, 0.15) is 31.8 Å². The quantitative estimate of drug-likeness (QED) is 0.760.